The van der Waals surface area contributed by atoms with E-state index in [2.05, 4.69) is 5.32 Å². The Morgan fingerprint density at radius 1 is 1.17 bits per heavy atom. The van der Waals surface area contributed by atoms with Gasteiger partial charge in [0.2, 0.25) is 0 Å². The average molecular weight is 500 g/mol. The summed E-state index contributed by atoms with van der Waals surface area (Å²) in [7, 11) is 1.34. The predicted molar refractivity (Wildman–Crippen MR) is 122 cm³/mol. The summed E-state index contributed by atoms with van der Waals surface area (Å²) in [5.74, 6) is -3.96. The highest BCUT2D eigenvalue weighted by Crippen LogP contribution is 2.22. The summed E-state index contributed by atoms with van der Waals surface area (Å²) < 4.78 is 15.6. The van der Waals surface area contributed by atoms with Gasteiger partial charge in [0, 0.05) is 19.6 Å². The number of aliphatic carboxylic acids is 2. The number of carbonyl (C=O) groups excluding carboxylic acids is 2. The van der Waals surface area contributed by atoms with Gasteiger partial charge in [-0.2, -0.15) is 0 Å². The van der Waals surface area contributed by atoms with Crippen molar-refractivity contribution in [2.75, 3.05) is 40.0 Å². The number of methoxy groups -OCH3 is 1. The van der Waals surface area contributed by atoms with Crippen molar-refractivity contribution in [1.29, 1.82) is 0 Å². The molecular weight excluding hydrogens is 466 g/mol. The topological polar surface area (TPSA) is 198 Å². The highest BCUT2D eigenvalue weighted by molar-refractivity contribution is 6.27. The van der Waals surface area contributed by atoms with Crippen molar-refractivity contribution >= 4 is 23.9 Å². The van der Waals surface area contributed by atoms with Gasteiger partial charge in [-0.3, -0.25) is 10.5 Å². The Balaban J connectivity index is 0.000000905. The number of carbonyl (C=O) groups is 4. The van der Waals surface area contributed by atoms with Crippen LogP contribution in [0.4, 0.5) is 4.79 Å². The molecule has 1 saturated heterocycles. The van der Waals surface area contributed by atoms with E-state index in [1.54, 1.807) is 36.1 Å². The van der Waals surface area contributed by atoms with E-state index in [0.717, 1.165) is 5.56 Å². The molecular formula is C22H33N3O10. The molecule has 3 unspecified atom stereocenters. The maximum absolute atomic E-state index is 12.0. The SMILES string of the molecule is COC(=O)C(C)c1cccc(OC(N)C(O)CCCNC(=O)N2CCOCC2)c1.O=C(O)C(=O)O. The van der Waals surface area contributed by atoms with Crippen LogP contribution in [0.15, 0.2) is 24.3 Å². The Hall–Kier alpha value is -3.42. The Bertz CT molecular complexity index is 833. The van der Waals surface area contributed by atoms with Gasteiger partial charge in [0.1, 0.15) is 11.9 Å². The third-order valence-electron chi connectivity index (χ3n) is 5.00. The minimum absolute atomic E-state index is 0.125. The number of carboxylic acid groups (broad SMARTS) is 2. The zero-order chi connectivity index (χ0) is 26.4. The van der Waals surface area contributed by atoms with E-state index >= 15 is 0 Å². The number of aliphatic hydroxyl groups is 1. The van der Waals surface area contributed by atoms with Crippen LogP contribution < -0.4 is 15.8 Å². The first-order chi connectivity index (χ1) is 16.6. The molecule has 3 atom stereocenters. The number of urea groups is 1. The van der Waals surface area contributed by atoms with E-state index < -0.39 is 30.2 Å². The quantitative estimate of drug-likeness (QED) is 0.132. The maximum atomic E-state index is 12.0. The van der Waals surface area contributed by atoms with Crippen LogP contribution in [0.3, 0.4) is 0 Å². The molecule has 6 N–H and O–H groups in total. The zero-order valence-electron chi connectivity index (χ0n) is 19.7. The second kappa shape index (κ2) is 15.5. The molecule has 0 aliphatic carbocycles. The number of nitrogens with one attached hydrogen (secondary N) is 1. The fourth-order valence-electron chi connectivity index (χ4n) is 2.95. The lowest BCUT2D eigenvalue weighted by atomic mass is 10.0. The lowest BCUT2D eigenvalue weighted by molar-refractivity contribution is -0.159. The number of amides is 2. The second-order valence-corrected chi connectivity index (χ2v) is 7.55. The third-order valence-corrected chi connectivity index (χ3v) is 5.00. The molecule has 1 aliphatic heterocycles. The van der Waals surface area contributed by atoms with Crippen LogP contribution in [0, 0.1) is 0 Å². The van der Waals surface area contributed by atoms with Gasteiger partial charge in [0.15, 0.2) is 6.23 Å². The van der Waals surface area contributed by atoms with Crippen molar-refractivity contribution in [3.63, 3.8) is 0 Å². The van der Waals surface area contributed by atoms with Crippen molar-refractivity contribution in [2.45, 2.75) is 38.0 Å². The molecule has 35 heavy (non-hydrogen) atoms. The summed E-state index contributed by atoms with van der Waals surface area (Å²) in [5.41, 5.74) is 6.68. The molecule has 196 valence electrons. The summed E-state index contributed by atoms with van der Waals surface area (Å²) in [4.78, 5) is 43.6. The van der Waals surface area contributed by atoms with Gasteiger partial charge in [0.25, 0.3) is 0 Å². The molecule has 0 aromatic heterocycles. The molecule has 1 aromatic carbocycles. The molecule has 2 rings (SSSR count). The molecule has 1 aromatic rings. The number of hydrogen-bond acceptors (Lipinski definition) is 9. The maximum Gasteiger partial charge on any atom is 0.414 e. The largest absolute Gasteiger partial charge is 0.473 e. The first kappa shape index (κ1) is 29.6. The number of rotatable bonds is 9. The summed E-state index contributed by atoms with van der Waals surface area (Å²) in [6.45, 7) is 4.45. The second-order valence-electron chi connectivity index (χ2n) is 7.55. The fourth-order valence-corrected chi connectivity index (χ4v) is 2.95. The van der Waals surface area contributed by atoms with Gasteiger partial charge in [0.05, 0.1) is 26.2 Å². The van der Waals surface area contributed by atoms with Crippen molar-refractivity contribution in [3.8, 4) is 5.75 Å². The predicted octanol–water partition coefficient (Wildman–Crippen LogP) is -0.0348. The Kier molecular flexibility index (Phi) is 13.1. The number of nitrogens with zero attached hydrogens (tertiary/aromatic N) is 1. The van der Waals surface area contributed by atoms with Gasteiger partial charge in [-0.15, -0.1) is 0 Å². The molecule has 0 saturated carbocycles. The highest BCUT2D eigenvalue weighted by atomic mass is 16.5. The van der Waals surface area contributed by atoms with Crippen LogP contribution in [0.2, 0.25) is 0 Å². The Labute approximate surface area is 202 Å². The summed E-state index contributed by atoms with van der Waals surface area (Å²) >= 11 is 0. The van der Waals surface area contributed by atoms with Gasteiger partial charge in [-0.25, -0.2) is 14.4 Å². The molecule has 0 bridgehead atoms. The normalized spacial score (nSPS) is 15.5. The number of carboxylic acids is 2. The summed E-state index contributed by atoms with van der Waals surface area (Å²) in [6.07, 6.45) is -0.873. The average Bonchev–Trinajstić information content (AvgIpc) is 2.86. The molecule has 2 amide bonds. The third kappa shape index (κ3) is 11.0. The lowest BCUT2D eigenvalue weighted by Gasteiger charge is -2.27. The summed E-state index contributed by atoms with van der Waals surface area (Å²) in [5, 5.41) is 27.8. The molecule has 0 spiro atoms. The molecule has 1 fully saturated rings. The Morgan fingerprint density at radius 3 is 2.37 bits per heavy atom. The van der Waals surface area contributed by atoms with Crippen molar-refractivity contribution < 1.29 is 48.7 Å². The van der Waals surface area contributed by atoms with E-state index in [9.17, 15) is 14.7 Å². The minimum atomic E-state index is -1.82. The Morgan fingerprint density at radius 2 is 1.80 bits per heavy atom. The molecule has 13 heteroatoms. The number of nitrogens with two attached hydrogens (primary N) is 1. The smallest absolute Gasteiger partial charge is 0.414 e. The summed E-state index contributed by atoms with van der Waals surface area (Å²) in [6, 6.07) is 6.84. The van der Waals surface area contributed by atoms with E-state index in [1.807, 2.05) is 0 Å². The van der Waals surface area contributed by atoms with E-state index in [4.69, 9.17) is 39.7 Å². The van der Waals surface area contributed by atoms with E-state index in [-0.39, 0.29) is 12.0 Å². The number of ether oxygens (including phenoxy) is 3. The number of esters is 1. The van der Waals surface area contributed by atoms with Crippen molar-refractivity contribution in [2.24, 2.45) is 5.73 Å². The van der Waals surface area contributed by atoms with Crippen molar-refractivity contribution in [1.82, 2.24) is 10.2 Å². The van der Waals surface area contributed by atoms with E-state index in [0.29, 0.717) is 51.4 Å². The number of morpholine rings is 1. The fraction of sp³-hybridized carbons (Fsp3) is 0.545. The minimum Gasteiger partial charge on any atom is -0.473 e. The molecule has 1 aliphatic rings. The van der Waals surface area contributed by atoms with Crippen molar-refractivity contribution in [3.05, 3.63) is 29.8 Å². The van der Waals surface area contributed by atoms with Crippen LogP contribution in [0.25, 0.3) is 0 Å². The van der Waals surface area contributed by atoms with Crippen LogP contribution >= 0.6 is 0 Å². The number of benzene rings is 1. The van der Waals surface area contributed by atoms with Gasteiger partial charge in [-0.05, 0) is 37.5 Å². The highest BCUT2D eigenvalue weighted by Gasteiger charge is 2.20. The standard InChI is InChI=1S/C20H31N3O6.C2H2O4/c1-14(19(25)27-2)15-5-3-6-16(13-15)29-18(21)17(24)7-4-8-22-20(26)23-9-11-28-12-10-23;3-1(4)2(5)6/h3,5-6,13-14,17-18,24H,4,7-12,21H2,1-2H3,(H,22,26);(H,3,4)(H,5,6). The monoisotopic (exact) mass is 499 g/mol. The number of hydrogen-bond donors (Lipinski definition) is 5. The molecule has 0 radical (unpaired) electrons. The van der Waals surface area contributed by atoms with E-state index in [1.165, 1.54) is 7.11 Å². The first-order valence-corrected chi connectivity index (χ1v) is 10.9. The number of aliphatic hydroxyl groups excluding tert-OH is 1. The van der Waals surface area contributed by atoms with Gasteiger partial charge in [-0.1, -0.05) is 12.1 Å². The lowest BCUT2D eigenvalue weighted by Crippen LogP contribution is -2.46. The van der Waals surface area contributed by atoms with Gasteiger partial charge >= 0.3 is 23.9 Å². The van der Waals surface area contributed by atoms with Crippen LogP contribution in [0.5, 0.6) is 5.75 Å². The molecule has 1 heterocycles. The zero-order valence-corrected chi connectivity index (χ0v) is 19.7. The van der Waals surface area contributed by atoms with Gasteiger partial charge < -0.3 is 39.7 Å². The molecule has 13 nitrogen and oxygen atoms in total. The van der Waals surface area contributed by atoms with Crippen LogP contribution in [0.1, 0.15) is 31.2 Å². The van der Waals surface area contributed by atoms with Crippen LogP contribution in [-0.4, -0.2) is 96.4 Å². The first-order valence-electron chi connectivity index (χ1n) is 10.9. The van der Waals surface area contributed by atoms with Crippen LogP contribution in [-0.2, 0) is 23.9 Å².